The van der Waals surface area contributed by atoms with E-state index < -0.39 is 16.4 Å². The Hall–Kier alpha value is -2.01. The normalized spacial score (nSPS) is 14.9. The maximum absolute atomic E-state index is 11.4. The van der Waals surface area contributed by atoms with Crippen molar-refractivity contribution in [3.8, 4) is 0 Å². The molecule has 2 unspecified atom stereocenters. The number of carbonyl (C=O) groups is 1. The summed E-state index contributed by atoms with van der Waals surface area (Å²) in [4.78, 5) is 21.5. The third kappa shape index (κ3) is 4.49. The number of nitro groups is 1. The lowest BCUT2D eigenvalue weighted by Crippen LogP contribution is -2.27. The van der Waals surface area contributed by atoms with Crippen molar-refractivity contribution in [2.24, 2.45) is 5.41 Å². The maximum atomic E-state index is 11.4. The Kier molecular flexibility index (Phi) is 5.79. The fraction of sp³-hybridized carbons (Fsp3) is 0.438. The first kappa shape index (κ1) is 17.0. The van der Waals surface area contributed by atoms with Gasteiger partial charge in [0.15, 0.2) is 0 Å². The molecule has 1 aromatic rings. The minimum absolute atomic E-state index is 0.0386. The molecule has 114 valence electrons. The summed E-state index contributed by atoms with van der Waals surface area (Å²) in [6.45, 7) is 5.65. The molecule has 1 N–H and O–H groups in total. The summed E-state index contributed by atoms with van der Waals surface area (Å²) < 4.78 is 0. The summed E-state index contributed by atoms with van der Waals surface area (Å²) in [5.74, 6) is 0. The highest BCUT2D eigenvalue weighted by molar-refractivity contribution is 5.60. The van der Waals surface area contributed by atoms with E-state index in [0.29, 0.717) is 18.4 Å². The zero-order chi connectivity index (χ0) is 16.0. The zero-order valence-corrected chi connectivity index (χ0v) is 12.6. The van der Waals surface area contributed by atoms with Crippen molar-refractivity contribution in [2.75, 3.05) is 0 Å². The Morgan fingerprint density at radius 1 is 1.38 bits per heavy atom. The van der Waals surface area contributed by atoms with Gasteiger partial charge in [-0.15, -0.1) is 0 Å². The largest absolute Gasteiger partial charge is 0.387 e. The van der Waals surface area contributed by atoms with E-state index in [-0.39, 0.29) is 5.69 Å². The van der Waals surface area contributed by atoms with Crippen molar-refractivity contribution in [2.45, 2.75) is 39.7 Å². The number of rotatable bonds is 7. The standard InChI is InChI=1S/C16H21NO4/c1-12(2)5-4-10-16(3,11-18)15(19)13-6-8-14(9-7-13)17(20)21/h5-9,11,15,19H,4,10H2,1-3H3. The fourth-order valence-corrected chi connectivity index (χ4v) is 2.09. The number of aliphatic hydroxyl groups is 1. The predicted molar refractivity (Wildman–Crippen MR) is 80.9 cm³/mol. The maximum Gasteiger partial charge on any atom is 0.269 e. The molecule has 1 rings (SSSR count). The first-order valence-electron chi connectivity index (χ1n) is 6.82. The smallest absolute Gasteiger partial charge is 0.269 e. The molecule has 0 radical (unpaired) electrons. The molecule has 0 aliphatic carbocycles. The molecule has 5 nitrogen and oxygen atoms in total. The van der Waals surface area contributed by atoms with Crippen LogP contribution >= 0.6 is 0 Å². The number of benzene rings is 1. The van der Waals surface area contributed by atoms with E-state index in [1.807, 2.05) is 19.9 Å². The topological polar surface area (TPSA) is 80.4 Å². The lowest BCUT2D eigenvalue weighted by molar-refractivity contribution is -0.384. The molecule has 0 aliphatic heterocycles. The number of nitro benzene ring substituents is 1. The van der Waals surface area contributed by atoms with Gasteiger partial charge in [-0.25, -0.2) is 0 Å². The van der Waals surface area contributed by atoms with E-state index in [1.165, 1.54) is 24.3 Å². The number of nitrogens with zero attached hydrogens (tertiary/aromatic N) is 1. The Morgan fingerprint density at radius 2 is 1.95 bits per heavy atom. The van der Waals surface area contributed by atoms with Gasteiger partial charge in [0.1, 0.15) is 6.29 Å². The molecule has 2 atom stereocenters. The molecule has 0 saturated carbocycles. The number of allylic oxidation sites excluding steroid dienone is 2. The summed E-state index contributed by atoms with van der Waals surface area (Å²) in [6, 6.07) is 5.65. The van der Waals surface area contributed by atoms with Crippen LogP contribution in [0.1, 0.15) is 45.3 Å². The average Bonchev–Trinajstić information content (AvgIpc) is 2.46. The van der Waals surface area contributed by atoms with Crippen LogP contribution in [0.25, 0.3) is 0 Å². The van der Waals surface area contributed by atoms with E-state index in [4.69, 9.17) is 0 Å². The second-order valence-electron chi connectivity index (χ2n) is 5.69. The third-order valence-corrected chi connectivity index (χ3v) is 3.55. The van der Waals surface area contributed by atoms with Gasteiger partial charge in [0, 0.05) is 12.1 Å². The molecular formula is C16H21NO4. The summed E-state index contributed by atoms with van der Waals surface area (Å²) in [5.41, 5.74) is 0.714. The highest BCUT2D eigenvalue weighted by Gasteiger charge is 2.33. The highest BCUT2D eigenvalue weighted by atomic mass is 16.6. The Balaban J connectivity index is 2.91. The van der Waals surface area contributed by atoms with E-state index in [1.54, 1.807) is 6.92 Å². The van der Waals surface area contributed by atoms with Crippen molar-refractivity contribution in [3.63, 3.8) is 0 Å². The summed E-state index contributed by atoms with van der Waals surface area (Å²) in [5, 5.41) is 21.0. The second kappa shape index (κ2) is 7.13. The van der Waals surface area contributed by atoms with Crippen molar-refractivity contribution in [3.05, 3.63) is 51.6 Å². The Bertz CT molecular complexity index is 532. The second-order valence-corrected chi connectivity index (χ2v) is 5.69. The van der Waals surface area contributed by atoms with E-state index in [0.717, 1.165) is 11.9 Å². The first-order chi connectivity index (χ1) is 9.80. The Morgan fingerprint density at radius 3 is 2.38 bits per heavy atom. The SMILES string of the molecule is CC(C)=CCCC(C)(C=O)C(O)c1ccc([N+](=O)[O-])cc1. The number of non-ortho nitro benzene ring substituents is 1. The minimum atomic E-state index is -0.985. The molecule has 0 heterocycles. The summed E-state index contributed by atoms with van der Waals surface area (Å²) in [7, 11) is 0. The molecule has 5 heteroatoms. The van der Waals surface area contributed by atoms with Crippen LogP contribution in [0.3, 0.4) is 0 Å². The van der Waals surface area contributed by atoms with E-state index in [2.05, 4.69) is 0 Å². The van der Waals surface area contributed by atoms with Gasteiger partial charge >= 0.3 is 0 Å². The third-order valence-electron chi connectivity index (χ3n) is 3.55. The van der Waals surface area contributed by atoms with Gasteiger partial charge in [0.05, 0.1) is 16.4 Å². The van der Waals surface area contributed by atoms with Crippen LogP contribution in [0.4, 0.5) is 5.69 Å². The number of hydrogen-bond donors (Lipinski definition) is 1. The quantitative estimate of drug-likeness (QED) is 0.360. The number of hydrogen-bond acceptors (Lipinski definition) is 4. The summed E-state index contributed by atoms with van der Waals surface area (Å²) >= 11 is 0. The van der Waals surface area contributed by atoms with E-state index in [9.17, 15) is 20.0 Å². The van der Waals surface area contributed by atoms with Gasteiger partial charge in [-0.3, -0.25) is 10.1 Å². The molecule has 0 fully saturated rings. The summed E-state index contributed by atoms with van der Waals surface area (Å²) in [6.07, 6.45) is 3.00. The fourth-order valence-electron chi connectivity index (χ4n) is 2.09. The monoisotopic (exact) mass is 291 g/mol. The average molecular weight is 291 g/mol. The van der Waals surface area contributed by atoms with Crippen molar-refractivity contribution in [1.82, 2.24) is 0 Å². The van der Waals surface area contributed by atoms with Crippen molar-refractivity contribution >= 4 is 12.0 Å². The van der Waals surface area contributed by atoms with Gasteiger partial charge in [-0.1, -0.05) is 18.6 Å². The molecular weight excluding hydrogens is 270 g/mol. The number of aldehydes is 1. The van der Waals surface area contributed by atoms with Gasteiger partial charge in [-0.2, -0.15) is 0 Å². The van der Waals surface area contributed by atoms with Gasteiger partial charge < -0.3 is 9.90 Å². The van der Waals surface area contributed by atoms with E-state index >= 15 is 0 Å². The van der Waals surface area contributed by atoms with Crippen LogP contribution in [-0.4, -0.2) is 16.3 Å². The molecule has 0 aliphatic rings. The van der Waals surface area contributed by atoms with Crippen molar-refractivity contribution in [1.29, 1.82) is 0 Å². The predicted octanol–water partition coefficient (Wildman–Crippen LogP) is 3.58. The lowest BCUT2D eigenvalue weighted by Gasteiger charge is -2.29. The molecule has 0 spiro atoms. The van der Waals surface area contributed by atoms with Crippen LogP contribution in [0.2, 0.25) is 0 Å². The molecule has 0 saturated heterocycles. The minimum Gasteiger partial charge on any atom is -0.387 e. The number of aliphatic hydroxyl groups excluding tert-OH is 1. The first-order valence-corrected chi connectivity index (χ1v) is 6.82. The zero-order valence-electron chi connectivity index (χ0n) is 12.6. The van der Waals surface area contributed by atoms with Crippen LogP contribution in [0, 0.1) is 15.5 Å². The Labute approximate surface area is 124 Å². The van der Waals surface area contributed by atoms with Gasteiger partial charge in [-0.05, 0) is 44.4 Å². The van der Waals surface area contributed by atoms with Crippen LogP contribution in [0.5, 0.6) is 0 Å². The molecule has 1 aromatic carbocycles. The van der Waals surface area contributed by atoms with Gasteiger partial charge in [0.2, 0.25) is 0 Å². The van der Waals surface area contributed by atoms with Crippen LogP contribution in [-0.2, 0) is 4.79 Å². The molecule has 21 heavy (non-hydrogen) atoms. The highest BCUT2D eigenvalue weighted by Crippen LogP contribution is 2.36. The number of carbonyl (C=O) groups excluding carboxylic acids is 1. The van der Waals surface area contributed by atoms with Crippen LogP contribution in [0.15, 0.2) is 35.9 Å². The lowest BCUT2D eigenvalue weighted by atomic mass is 9.78. The van der Waals surface area contributed by atoms with Gasteiger partial charge in [0.25, 0.3) is 5.69 Å². The van der Waals surface area contributed by atoms with Crippen molar-refractivity contribution < 1.29 is 14.8 Å². The van der Waals surface area contributed by atoms with Crippen LogP contribution < -0.4 is 0 Å². The molecule has 0 bridgehead atoms. The molecule has 0 aromatic heterocycles. The molecule has 0 amide bonds.